The normalized spacial score (nSPS) is 10.7. The smallest absolute Gasteiger partial charge is 0.237 e. The van der Waals surface area contributed by atoms with Crippen molar-refractivity contribution >= 4 is 56.8 Å². The van der Waals surface area contributed by atoms with Crippen molar-refractivity contribution in [2.75, 3.05) is 11.1 Å². The summed E-state index contributed by atoms with van der Waals surface area (Å²) in [6.45, 7) is 0. The largest absolute Gasteiger partial charge is 0.294 e. The molecule has 0 aliphatic rings. The van der Waals surface area contributed by atoms with Gasteiger partial charge in [-0.15, -0.1) is 11.3 Å². The van der Waals surface area contributed by atoms with Gasteiger partial charge in [-0.1, -0.05) is 23.4 Å². The number of benzene rings is 1. The maximum atomic E-state index is 11.8. The first-order valence-corrected chi connectivity index (χ1v) is 8.14. The first-order valence-electron chi connectivity index (χ1n) is 5.96. The number of amides is 1. The van der Waals surface area contributed by atoms with Crippen LogP contribution < -0.4 is 5.32 Å². The molecule has 1 aromatic carbocycles. The Balaban J connectivity index is 1.62. The van der Waals surface area contributed by atoms with Crippen molar-refractivity contribution in [2.24, 2.45) is 0 Å². The number of nitrogens with one attached hydrogen (secondary N) is 1. The molecular weight excluding hydrogens is 328 g/mol. The Morgan fingerprint density at radius 3 is 2.95 bits per heavy atom. The van der Waals surface area contributed by atoms with E-state index in [-0.39, 0.29) is 11.7 Å². The summed E-state index contributed by atoms with van der Waals surface area (Å²) in [5.74, 6) is 0.397. The molecule has 0 fully saturated rings. The third-order valence-electron chi connectivity index (χ3n) is 2.47. The molecule has 21 heavy (non-hydrogen) atoms. The van der Waals surface area contributed by atoms with E-state index >= 15 is 0 Å². The summed E-state index contributed by atoms with van der Waals surface area (Å²) in [7, 11) is 0. The first-order chi connectivity index (χ1) is 10.2. The van der Waals surface area contributed by atoms with Gasteiger partial charge in [-0.05, 0) is 24.3 Å². The van der Waals surface area contributed by atoms with E-state index in [4.69, 9.17) is 11.6 Å². The van der Waals surface area contributed by atoms with Crippen LogP contribution in [0, 0.1) is 0 Å². The molecule has 0 spiro atoms. The van der Waals surface area contributed by atoms with E-state index in [0.717, 1.165) is 14.6 Å². The van der Waals surface area contributed by atoms with Gasteiger partial charge in [0, 0.05) is 17.4 Å². The standard InChI is InChI=1S/C13H9ClN4OS2/c14-8-2-3-10-9(6-8)17-13(21-10)20-7-11(19)18-12-15-4-1-5-16-12/h1-6H,7H2,(H,15,16,18,19). The van der Waals surface area contributed by atoms with Crippen LogP contribution in [0.1, 0.15) is 0 Å². The highest BCUT2D eigenvalue weighted by molar-refractivity contribution is 8.01. The van der Waals surface area contributed by atoms with Crippen molar-refractivity contribution in [1.29, 1.82) is 0 Å². The summed E-state index contributed by atoms with van der Waals surface area (Å²) in [6.07, 6.45) is 3.15. The summed E-state index contributed by atoms with van der Waals surface area (Å²) in [6, 6.07) is 7.26. The second-order valence-electron chi connectivity index (χ2n) is 4.00. The average Bonchev–Trinajstić information content (AvgIpc) is 2.88. The fourth-order valence-electron chi connectivity index (χ4n) is 1.59. The number of thiazole rings is 1. The van der Waals surface area contributed by atoms with Crippen LogP contribution in [0.4, 0.5) is 5.95 Å². The van der Waals surface area contributed by atoms with Crippen LogP contribution in [0.25, 0.3) is 10.2 Å². The number of nitrogens with zero attached hydrogens (tertiary/aromatic N) is 3. The zero-order valence-corrected chi connectivity index (χ0v) is 13.0. The quantitative estimate of drug-likeness (QED) is 0.739. The van der Waals surface area contributed by atoms with Gasteiger partial charge in [0.15, 0.2) is 4.34 Å². The lowest BCUT2D eigenvalue weighted by molar-refractivity contribution is -0.113. The summed E-state index contributed by atoms with van der Waals surface area (Å²) >= 11 is 8.84. The Morgan fingerprint density at radius 1 is 1.33 bits per heavy atom. The summed E-state index contributed by atoms with van der Waals surface area (Å²) < 4.78 is 1.88. The average molecular weight is 337 g/mol. The molecule has 2 heterocycles. The molecule has 3 aromatic rings. The van der Waals surface area contributed by atoms with E-state index in [1.165, 1.54) is 23.1 Å². The molecule has 3 rings (SSSR count). The van der Waals surface area contributed by atoms with Crippen molar-refractivity contribution in [3.8, 4) is 0 Å². The van der Waals surface area contributed by atoms with Crippen molar-refractivity contribution in [3.05, 3.63) is 41.7 Å². The van der Waals surface area contributed by atoms with E-state index < -0.39 is 0 Å². The molecule has 0 atom stereocenters. The number of halogens is 1. The molecule has 0 radical (unpaired) electrons. The SMILES string of the molecule is O=C(CSc1nc2cc(Cl)ccc2s1)Nc1ncccn1. The molecule has 0 saturated heterocycles. The van der Waals surface area contributed by atoms with Gasteiger partial charge in [0.25, 0.3) is 0 Å². The van der Waals surface area contributed by atoms with E-state index in [9.17, 15) is 4.79 Å². The number of anilines is 1. The van der Waals surface area contributed by atoms with Crippen LogP contribution in [0.2, 0.25) is 5.02 Å². The van der Waals surface area contributed by atoms with Crippen LogP contribution in [0.5, 0.6) is 0 Å². The predicted molar refractivity (Wildman–Crippen MR) is 86.0 cm³/mol. The number of carbonyl (C=O) groups excluding carboxylic acids is 1. The van der Waals surface area contributed by atoms with Gasteiger partial charge in [0.1, 0.15) is 0 Å². The lowest BCUT2D eigenvalue weighted by Gasteiger charge is -2.00. The van der Waals surface area contributed by atoms with E-state index in [1.54, 1.807) is 18.5 Å². The minimum Gasteiger partial charge on any atom is -0.294 e. The molecule has 0 saturated carbocycles. The van der Waals surface area contributed by atoms with Gasteiger partial charge in [0.05, 0.1) is 16.0 Å². The van der Waals surface area contributed by atoms with E-state index in [0.29, 0.717) is 11.0 Å². The molecule has 106 valence electrons. The second kappa shape index (κ2) is 6.38. The zero-order chi connectivity index (χ0) is 14.7. The Morgan fingerprint density at radius 2 is 2.14 bits per heavy atom. The third kappa shape index (κ3) is 3.69. The number of thioether (sulfide) groups is 1. The molecular formula is C13H9ClN4OS2. The van der Waals surface area contributed by atoms with Crippen LogP contribution >= 0.6 is 34.7 Å². The molecule has 8 heteroatoms. The molecule has 5 nitrogen and oxygen atoms in total. The Kier molecular flexibility index (Phi) is 4.33. The molecule has 0 aliphatic heterocycles. The minimum atomic E-state index is -0.163. The van der Waals surface area contributed by atoms with Gasteiger partial charge < -0.3 is 0 Å². The minimum absolute atomic E-state index is 0.163. The van der Waals surface area contributed by atoms with Crippen molar-refractivity contribution < 1.29 is 4.79 Å². The van der Waals surface area contributed by atoms with Crippen LogP contribution in [0.3, 0.4) is 0 Å². The Hall–Kier alpha value is -1.70. The van der Waals surface area contributed by atoms with Crippen LogP contribution in [-0.2, 0) is 4.79 Å². The number of carbonyl (C=O) groups is 1. The fraction of sp³-hybridized carbons (Fsp3) is 0.0769. The molecule has 0 bridgehead atoms. The number of hydrogen-bond donors (Lipinski definition) is 1. The van der Waals surface area contributed by atoms with E-state index in [2.05, 4.69) is 20.3 Å². The number of hydrogen-bond acceptors (Lipinski definition) is 6. The van der Waals surface area contributed by atoms with Gasteiger partial charge in [-0.3, -0.25) is 10.1 Å². The van der Waals surface area contributed by atoms with Crippen molar-refractivity contribution in [1.82, 2.24) is 15.0 Å². The molecule has 2 aromatic heterocycles. The van der Waals surface area contributed by atoms with Crippen LogP contribution in [0.15, 0.2) is 41.0 Å². The Labute approximate surface area is 133 Å². The molecule has 0 unspecified atom stereocenters. The lowest BCUT2D eigenvalue weighted by Crippen LogP contribution is -2.15. The molecule has 0 aliphatic carbocycles. The van der Waals surface area contributed by atoms with Gasteiger partial charge in [0.2, 0.25) is 11.9 Å². The zero-order valence-electron chi connectivity index (χ0n) is 10.6. The number of aromatic nitrogens is 3. The summed E-state index contributed by atoms with van der Waals surface area (Å²) in [4.78, 5) is 24.1. The maximum absolute atomic E-state index is 11.8. The lowest BCUT2D eigenvalue weighted by atomic mass is 10.3. The highest BCUT2D eigenvalue weighted by Gasteiger charge is 2.09. The highest BCUT2D eigenvalue weighted by Crippen LogP contribution is 2.30. The fourth-order valence-corrected chi connectivity index (χ4v) is 3.61. The number of rotatable bonds is 4. The highest BCUT2D eigenvalue weighted by atomic mass is 35.5. The summed E-state index contributed by atoms with van der Waals surface area (Å²) in [5, 5.41) is 3.28. The van der Waals surface area contributed by atoms with Crippen LogP contribution in [-0.4, -0.2) is 26.6 Å². The maximum Gasteiger partial charge on any atom is 0.237 e. The van der Waals surface area contributed by atoms with Gasteiger partial charge in [-0.25, -0.2) is 15.0 Å². The second-order valence-corrected chi connectivity index (χ2v) is 6.69. The molecule has 1 N–H and O–H groups in total. The third-order valence-corrected chi connectivity index (χ3v) is 4.89. The van der Waals surface area contributed by atoms with Crippen molar-refractivity contribution in [2.45, 2.75) is 4.34 Å². The van der Waals surface area contributed by atoms with Gasteiger partial charge >= 0.3 is 0 Å². The predicted octanol–water partition coefficient (Wildman–Crippen LogP) is 3.47. The van der Waals surface area contributed by atoms with E-state index in [1.807, 2.05) is 18.2 Å². The summed E-state index contributed by atoms with van der Waals surface area (Å²) in [5.41, 5.74) is 0.849. The van der Waals surface area contributed by atoms with Crippen molar-refractivity contribution in [3.63, 3.8) is 0 Å². The molecule has 1 amide bonds. The Bertz CT molecular complexity index is 778. The van der Waals surface area contributed by atoms with Gasteiger partial charge in [-0.2, -0.15) is 0 Å². The first kappa shape index (κ1) is 14.2. The number of fused-ring (bicyclic) bond motifs is 1. The topological polar surface area (TPSA) is 67.8 Å². The monoisotopic (exact) mass is 336 g/mol.